The van der Waals surface area contributed by atoms with Crippen molar-refractivity contribution in [3.63, 3.8) is 0 Å². The maximum Gasteiger partial charge on any atom is 0.409 e. The zero-order chi connectivity index (χ0) is 8.69. The molecule has 0 rings (SSSR count). The fraction of sp³-hybridized carbons (Fsp3) is 0.667. The van der Waals surface area contributed by atoms with E-state index >= 15 is 0 Å². The van der Waals surface area contributed by atoms with Crippen molar-refractivity contribution in [3.05, 3.63) is 0 Å². The van der Waals surface area contributed by atoms with Crippen LogP contribution in [0.2, 0.25) is 0 Å². The number of ether oxygens (including phenoxy) is 2. The van der Waals surface area contributed by atoms with E-state index in [1.165, 1.54) is 7.05 Å². The normalized spacial score (nSPS) is 8.55. The molecule has 0 aliphatic carbocycles. The fourth-order valence-corrected chi connectivity index (χ4v) is 0.323. The first kappa shape index (κ1) is 9.74. The molecule has 64 valence electrons. The van der Waals surface area contributed by atoms with Crippen LogP contribution in [0.5, 0.6) is 0 Å². The van der Waals surface area contributed by atoms with Crippen LogP contribution in [0.4, 0.5) is 4.79 Å². The van der Waals surface area contributed by atoms with Crippen LogP contribution < -0.4 is 5.32 Å². The Morgan fingerprint density at radius 3 is 2.45 bits per heavy atom. The van der Waals surface area contributed by atoms with Crippen molar-refractivity contribution in [2.24, 2.45) is 0 Å². The van der Waals surface area contributed by atoms with Gasteiger partial charge in [0.15, 0.2) is 0 Å². The first-order valence-electron chi connectivity index (χ1n) is 3.20. The summed E-state index contributed by atoms with van der Waals surface area (Å²) in [4.78, 5) is 20.8. The zero-order valence-corrected chi connectivity index (χ0v) is 6.55. The fourth-order valence-electron chi connectivity index (χ4n) is 0.323. The Hall–Kier alpha value is -1.26. The highest BCUT2D eigenvalue weighted by atomic mass is 16.7. The summed E-state index contributed by atoms with van der Waals surface area (Å²) in [5.41, 5.74) is 0. The van der Waals surface area contributed by atoms with Gasteiger partial charge in [-0.2, -0.15) is 0 Å². The van der Waals surface area contributed by atoms with E-state index in [2.05, 4.69) is 14.8 Å². The first-order valence-corrected chi connectivity index (χ1v) is 3.20. The standard InChI is InChI=1S/C6H11NO4/c1-3-5(8)10-4-11-6(9)7-2/h3-4H2,1-2H3,(H,7,9). The summed E-state index contributed by atoms with van der Waals surface area (Å²) in [5, 5.41) is 2.20. The third-order valence-corrected chi connectivity index (χ3v) is 0.903. The number of alkyl carbamates (subject to hydrolysis) is 1. The van der Waals surface area contributed by atoms with Crippen molar-refractivity contribution in [2.45, 2.75) is 13.3 Å². The SMILES string of the molecule is CCC(=O)OCOC(=O)NC. The molecule has 0 spiro atoms. The number of carbonyl (C=O) groups is 2. The zero-order valence-electron chi connectivity index (χ0n) is 6.55. The van der Waals surface area contributed by atoms with Crippen LogP contribution in [0.3, 0.4) is 0 Å². The predicted molar refractivity (Wildman–Crippen MR) is 36.8 cm³/mol. The molecule has 0 radical (unpaired) electrons. The van der Waals surface area contributed by atoms with Gasteiger partial charge in [-0.25, -0.2) is 4.79 Å². The lowest BCUT2D eigenvalue weighted by Gasteiger charge is -2.03. The first-order chi connectivity index (χ1) is 5.20. The molecule has 0 atom stereocenters. The quantitative estimate of drug-likeness (QED) is 0.476. The van der Waals surface area contributed by atoms with Crippen molar-refractivity contribution >= 4 is 12.1 Å². The second kappa shape index (κ2) is 5.52. The van der Waals surface area contributed by atoms with Gasteiger partial charge in [0.05, 0.1) is 0 Å². The molecule has 0 saturated heterocycles. The summed E-state index contributed by atoms with van der Waals surface area (Å²) in [6.07, 6.45) is -0.342. The summed E-state index contributed by atoms with van der Waals surface area (Å²) in [6, 6.07) is 0. The van der Waals surface area contributed by atoms with Crippen molar-refractivity contribution in [1.82, 2.24) is 5.32 Å². The number of carbonyl (C=O) groups excluding carboxylic acids is 2. The van der Waals surface area contributed by atoms with Gasteiger partial charge in [0.2, 0.25) is 6.79 Å². The second-order valence-electron chi connectivity index (χ2n) is 1.67. The molecule has 11 heavy (non-hydrogen) atoms. The highest BCUT2D eigenvalue weighted by Gasteiger charge is 2.00. The third-order valence-electron chi connectivity index (χ3n) is 0.903. The van der Waals surface area contributed by atoms with Crippen LogP contribution in [-0.2, 0) is 14.3 Å². The Labute approximate surface area is 64.7 Å². The van der Waals surface area contributed by atoms with Crippen molar-refractivity contribution < 1.29 is 19.1 Å². The summed E-state index contributed by atoms with van der Waals surface area (Å²) in [5.74, 6) is -0.395. The number of amides is 1. The molecular weight excluding hydrogens is 150 g/mol. The molecular formula is C6H11NO4. The molecule has 0 saturated carbocycles. The molecule has 1 N–H and O–H groups in total. The third kappa shape index (κ3) is 5.20. The average Bonchev–Trinajstić information content (AvgIpc) is 2.04. The number of nitrogens with one attached hydrogen (secondary N) is 1. The van der Waals surface area contributed by atoms with E-state index in [1.54, 1.807) is 6.92 Å². The molecule has 0 aromatic heterocycles. The number of hydrogen-bond donors (Lipinski definition) is 1. The van der Waals surface area contributed by atoms with Crippen molar-refractivity contribution in [1.29, 1.82) is 0 Å². The Bertz CT molecular complexity index is 130. The smallest absolute Gasteiger partial charge is 0.409 e. The molecule has 0 aliphatic heterocycles. The highest BCUT2D eigenvalue weighted by molar-refractivity contribution is 5.69. The monoisotopic (exact) mass is 161 g/mol. The summed E-state index contributed by atoms with van der Waals surface area (Å²) in [7, 11) is 1.42. The average molecular weight is 161 g/mol. The van der Waals surface area contributed by atoms with Gasteiger partial charge in [0.25, 0.3) is 0 Å². The van der Waals surface area contributed by atoms with Crippen LogP contribution in [-0.4, -0.2) is 25.9 Å². The maximum absolute atomic E-state index is 10.4. The number of hydrogen-bond acceptors (Lipinski definition) is 4. The van der Waals surface area contributed by atoms with E-state index in [0.29, 0.717) is 0 Å². The van der Waals surface area contributed by atoms with Crippen LogP contribution in [0.1, 0.15) is 13.3 Å². The second-order valence-corrected chi connectivity index (χ2v) is 1.67. The van der Waals surface area contributed by atoms with E-state index in [1.807, 2.05) is 0 Å². The van der Waals surface area contributed by atoms with Crippen molar-refractivity contribution in [2.75, 3.05) is 13.8 Å². The minimum absolute atomic E-state index is 0.275. The Morgan fingerprint density at radius 1 is 1.36 bits per heavy atom. The Kier molecular flexibility index (Phi) is 4.89. The van der Waals surface area contributed by atoms with Gasteiger partial charge in [0, 0.05) is 13.5 Å². The van der Waals surface area contributed by atoms with Gasteiger partial charge < -0.3 is 14.8 Å². The van der Waals surface area contributed by atoms with E-state index in [-0.39, 0.29) is 13.2 Å². The number of rotatable bonds is 3. The van der Waals surface area contributed by atoms with Gasteiger partial charge in [0.1, 0.15) is 0 Å². The van der Waals surface area contributed by atoms with Gasteiger partial charge in [-0.05, 0) is 0 Å². The molecule has 0 aromatic rings. The van der Waals surface area contributed by atoms with Crippen molar-refractivity contribution in [3.8, 4) is 0 Å². The van der Waals surface area contributed by atoms with Crippen LogP contribution >= 0.6 is 0 Å². The lowest BCUT2D eigenvalue weighted by atomic mass is 10.5. The molecule has 0 fully saturated rings. The lowest BCUT2D eigenvalue weighted by Crippen LogP contribution is -2.21. The van der Waals surface area contributed by atoms with E-state index in [0.717, 1.165) is 0 Å². The molecule has 5 nitrogen and oxygen atoms in total. The molecule has 0 bridgehead atoms. The summed E-state index contributed by atoms with van der Waals surface area (Å²) < 4.78 is 8.81. The van der Waals surface area contributed by atoms with Gasteiger partial charge >= 0.3 is 12.1 Å². The lowest BCUT2D eigenvalue weighted by molar-refractivity contribution is -0.151. The minimum atomic E-state index is -0.617. The van der Waals surface area contributed by atoms with Gasteiger partial charge in [-0.15, -0.1) is 0 Å². The van der Waals surface area contributed by atoms with Crippen LogP contribution in [0.15, 0.2) is 0 Å². The highest BCUT2D eigenvalue weighted by Crippen LogP contribution is 1.85. The largest absolute Gasteiger partial charge is 0.428 e. The topological polar surface area (TPSA) is 64.6 Å². The summed E-state index contributed by atoms with van der Waals surface area (Å²) in [6.45, 7) is 1.33. The van der Waals surface area contributed by atoms with Crippen LogP contribution in [0, 0.1) is 0 Å². The molecule has 0 aromatic carbocycles. The molecule has 0 unspecified atom stereocenters. The Balaban J connectivity index is 3.27. The van der Waals surface area contributed by atoms with E-state index < -0.39 is 12.1 Å². The molecule has 1 amide bonds. The van der Waals surface area contributed by atoms with E-state index in [9.17, 15) is 9.59 Å². The minimum Gasteiger partial charge on any atom is -0.428 e. The molecule has 0 aliphatic rings. The maximum atomic E-state index is 10.4. The van der Waals surface area contributed by atoms with Gasteiger partial charge in [-0.1, -0.05) is 6.92 Å². The molecule has 5 heteroatoms. The van der Waals surface area contributed by atoms with E-state index in [4.69, 9.17) is 0 Å². The summed E-state index contributed by atoms with van der Waals surface area (Å²) >= 11 is 0. The van der Waals surface area contributed by atoms with Gasteiger partial charge in [-0.3, -0.25) is 4.79 Å². The van der Waals surface area contributed by atoms with Crippen LogP contribution in [0.25, 0.3) is 0 Å². The Morgan fingerprint density at radius 2 is 2.00 bits per heavy atom. The predicted octanol–water partition coefficient (Wildman–Crippen LogP) is 0.253. The molecule has 0 heterocycles. The number of esters is 1.